The van der Waals surface area contributed by atoms with Gasteiger partial charge in [-0.2, -0.15) is 0 Å². The maximum Gasteiger partial charge on any atom is 0.262 e. The van der Waals surface area contributed by atoms with Crippen LogP contribution < -0.4 is 5.73 Å². The van der Waals surface area contributed by atoms with Crippen LogP contribution in [0.4, 0.5) is 0 Å². The van der Waals surface area contributed by atoms with Crippen molar-refractivity contribution in [3.63, 3.8) is 0 Å². The number of carbonyl (C=O) groups excluding carboxylic acids is 2. The first-order valence-electron chi connectivity index (χ1n) is 9.57. The zero-order valence-electron chi connectivity index (χ0n) is 15.9. The Morgan fingerprint density at radius 1 is 1.11 bits per heavy atom. The van der Waals surface area contributed by atoms with E-state index >= 15 is 0 Å². The van der Waals surface area contributed by atoms with Gasteiger partial charge < -0.3 is 10.6 Å². The summed E-state index contributed by atoms with van der Waals surface area (Å²) in [7, 11) is 1.65. The number of likely N-dealkylation sites (N-methyl/N-ethyl adjacent to an activating group) is 1. The first-order valence-corrected chi connectivity index (χ1v) is 9.57. The molecule has 4 rings (SSSR count). The van der Waals surface area contributed by atoms with Crippen LogP contribution in [0.2, 0.25) is 0 Å². The van der Waals surface area contributed by atoms with Crippen molar-refractivity contribution in [2.75, 3.05) is 20.1 Å². The minimum absolute atomic E-state index is 0.00994. The van der Waals surface area contributed by atoms with E-state index < -0.39 is 5.54 Å². The molecule has 0 aliphatic carbocycles. The van der Waals surface area contributed by atoms with Gasteiger partial charge in [0.15, 0.2) is 11.5 Å². The fraction of sp³-hybridized carbons (Fsp3) is 0.318. The van der Waals surface area contributed by atoms with Gasteiger partial charge in [-0.25, -0.2) is 4.99 Å². The summed E-state index contributed by atoms with van der Waals surface area (Å²) in [4.78, 5) is 34.2. The highest BCUT2D eigenvalue weighted by Crippen LogP contribution is 2.43. The third-order valence-electron chi connectivity index (χ3n) is 5.80. The molecule has 1 fully saturated rings. The van der Waals surface area contributed by atoms with Crippen LogP contribution in [0.3, 0.4) is 0 Å². The number of benzene rings is 2. The van der Waals surface area contributed by atoms with Gasteiger partial charge in [-0.1, -0.05) is 48.5 Å². The Balaban J connectivity index is 1.70. The normalized spacial score (nSPS) is 25.0. The lowest BCUT2D eigenvalue weighted by Gasteiger charge is -2.40. The van der Waals surface area contributed by atoms with Crippen LogP contribution in [-0.4, -0.2) is 47.7 Å². The Kier molecular flexibility index (Phi) is 4.63. The first-order chi connectivity index (χ1) is 13.5. The number of hydrogen-bond acceptors (Lipinski definition) is 4. The average Bonchev–Trinajstić information content (AvgIpc) is 2.99. The molecule has 2 aromatic carbocycles. The zero-order valence-corrected chi connectivity index (χ0v) is 15.9. The van der Waals surface area contributed by atoms with Gasteiger partial charge in [0.25, 0.3) is 11.8 Å². The molecule has 2 aliphatic rings. The molecular formula is C22H24N4O2. The Labute approximate surface area is 164 Å². The minimum Gasteiger partial charge on any atom is -0.369 e. The van der Waals surface area contributed by atoms with E-state index in [-0.39, 0.29) is 23.7 Å². The number of likely N-dealkylation sites (tertiary alicyclic amines) is 1. The van der Waals surface area contributed by atoms with Gasteiger partial charge in [0, 0.05) is 31.6 Å². The Hall–Kier alpha value is -3.15. The minimum atomic E-state index is -1.07. The number of rotatable bonds is 3. The summed E-state index contributed by atoms with van der Waals surface area (Å²) in [6.45, 7) is 1.15. The van der Waals surface area contributed by atoms with Crippen LogP contribution in [0.1, 0.15) is 28.8 Å². The summed E-state index contributed by atoms with van der Waals surface area (Å²) in [5, 5.41) is 0. The Morgan fingerprint density at radius 3 is 2.36 bits per heavy atom. The van der Waals surface area contributed by atoms with Crippen LogP contribution in [-0.2, 0) is 10.3 Å². The van der Waals surface area contributed by atoms with E-state index in [4.69, 9.17) is 5.73 Å². The molecular weight excluding hydrogens is 352 g/mol. The number of nitrogens with two attached hydrogens (primary N) is 1. The van der Waals surface area contributed by atoms with Crippen molar-refractivity contribution in [1.82, 2.24) is 9.80 Å². The third-order valence-corrected chi connectivity index (χ3v) is 5.80. The number of guanidine groups is 1. The molecule has 2 atom stereocenters. The molecule has 0 aromatic heterocycles. The molecule has 0 saturated carbocycles. The maximum absolute atomic E-state index is 13.3. The Morgan fingerprint density at radius 2 is 1.75 bits per heavy atom. The molecule has 2 N–H and O–H groups in total. The number of carbonyl (C=O) groups is 2. The smallest absolute Gasteiger partial charge is 0.262 e. The molecule has 2 aromatic rings. The lowest BCUT2D eigenvalue weighted by atomic mass is 9.74. The van der Waals surface area contributed by atoms with Gasteiger partial charge in [-0.3, -0.25) is 14.5 Å². The molecule has 144 valence electrons. The van der Waals surface area contributed by atoms with Crippen LogP contribution in [0.25, 0.3) is 0 Å². The second kappa shape index (κ2) is 7.11. The topological polar surface area (TPSA) is 79.0 Å². The van der Waals surface area contributed by atoms with Gasteiger partial charge >= 0.3 is 0 Å². The van der Waals surface area contributed by atoms with Crippen molar-refractivity contribution < 1.29 is 9.59 Å². The average molecular weight is 376 g/mol. The van der Waals surface area contributed by atoms with Crippen molar-refractivity contribution in [1.29, 1.82) is 0 Å². The maximum atomic E-state index is 13.3. The molecule has 2 heterocycles. The van der Waals surface area contributed by atoms with Gasteiger partial charge in [0.05, 0.1) is 0 Å². The highest BCUT2D eigenvalue weighted by atomic mass is 16.2. The SMILES string of the molecule is CN1C(=O)C(c2ccccc2)(C2CCCN(C(=O)c3ccccc3)C2)N=C1N. The fourth-order valence-corrected chi connectivity index (χ4v) is 4.31. The Bertz CT molecular complexity index is 913. The molecule has 1 saturated heterocycles. The molecule has 0 radical (unpaired) electrons. The van der Waals surface area contributed by atoms with Gasteiger partial charge in [-0.05, 0) is 30.5 Å². The second-order valence-electron chi connectivity index (χ2n) is 7.42. The monoisotopic (exact) mass is 376 g/mol. The molecule has 0 spiro atoms. The lowest BCUT2D eigenvalue weighted by Crippen LogP contribution is -2.51. The molecule has 6 heteroatoms. The third kappa shape index (κ3) is 2.85. The van der Waals surface area contributed by atoms with Crippen LogP contribution in [0.5, 0.6) is 0 Å². The first kappa shape index (κ1) is 18.2. The van der Waals surface area contributed by atoms with Crippen molar-refractivity contribution in [3.8, 4) is 0 Å². The van der Waals surface area contributed by atoms with E-state index in [0.717, 1.165) is 18.4 Å². The standard InChI is InChI=1S/C22H24N4O2/c1-25-20(28)22(24-21(25)23,17-11-6-3-7-12-17)18-13-8-14-26(15-18)19(27)16-9-4-2-5-10-16/h2-7,9-12,18H,8,13-15H2,1H3,(H2,23,24). The van der Waals surface area contributed by atoms with Gasteiger partial charge in [-0.15, -0.1) is 0 Å². The quantitative estimate of drug-likeness (QED) is 0.892. The summed E-state index contributed by atoms with van der Waals surface area (Å²) in [6.07, 6.45) is 1.63. The van der Waals surface area contributed by atoms with Crippen molar-refractivity contribution >= 4 is 17.8 Å². The van der Waals surface area contributed by atoms with Crippen molar-refractivity contribution in [3.05, 3.63) is 71.8 Å². The number of nitrogens with zero attached hydrogens (tertiary/aromatic N) is 3. The van der Waals surface area contributed by atoms with Crippen LogP contribution in [0.15, 0.2) is 65.7 Å². The fourth-order valence-electron chi connectivity index (χ4n) is 4.31. The highest BCUT2D eigenvalue weighted by molar-refractivity contribution is 6.07. The van der Waals surface area contributed by atoms with Gasteiger partial charge in [0.1, 0.15) is 0 Å². The molecule has 6 nitrogen and oxygen atoms in total. The van der Waals surface area contributed by atoms with E-state index in [9.17, 15) is 9.59 Å². The molecule has 2 unspecified atom stereocenters. The van der Waals surface area contributed by atoms with Gasteiger partial charge in [0.2, 0.25) is 0 Å². The number of amides is 2. The summed E-state index contributed by atoms with van der Waals surface area (Å²) < 4.78 is 0. The summed E-state index contributed by atoms with van der Waals surface area (Å²) in [5.41, 5.74) is 6.46. The molecule has 2 aliphatic heterocycles. The van der Waals surface area contributed by atoms with Crippen molar-refractivity contribution in [2.45, 2.75) is 18.4 Å². The van der Waals surface area contributed by atoms with E-state index in [1.54, 1.807) is 7.05 Å². The molecule has 2 amide bonds. The highest BCUT2D eigenvalue weighted by Gasteiger charge is 2.54. The summed E-state index contributed by atoms with van der Waals surface area (Å²) >= 11 is 0. The second-order valence-corrected chi connectivity index (χ2v) is 7.42. The van der Waals surface area contributed by atoms with Crippen LogP contribution in [0, 0.1) is 5.92 Å². The molecule has 28 heavy (non-hydrogen) atoms. The van der Waals surface area contributed by atoms with Crippen molar-refractivity contribution in [2.24, 2.45) is 16.6 Å². The predicted molar refractivity (Wildman–Crippen MR) is 108 cm³/mol. The number of piperidine rings is 1. The molecule has 0 bridgehead atoms. The predicted octanol–water partition coefficient (Wildman–Crippen LogP) is 2.22. The summed E-state index contributed by atoms with van der Waals surface area (Å²) in [5.74, 6) is -0.0489. The largest absolute Gasteiger partial charge is 0.369 e. The van der Waals surface area contributed by atoms with E-state index in [0.29, 0.717) is 18.7 Å². The number of aliphatic imine (C=N–C) groups is 1. The van der Waals surface area contributed by atoms with E-state index in [1.165, 1.54) is 4.90 Å². The zero-order chi connectivity index (χ0) is 19.7. The van der Waals surface area contributed by atoms with E-state index in [1.807, 2.05) is 65.6 Å². The van der Waals surface area contributed by atoms with E-state index in [2.05, 4.69) is 4.99 Å². The van der Waals surface area contributed by atoms with Crippen LogP contribution >= 0.6 is 0 Å². The lowest BCUT2D eigenvalue weighted by molar-refractivity contribution is -0.133. The number of hydrogen-bond donors (Lipinski definition) is 1. The summed E-state index contributed by atoms with van der Waals surface area (Å²) in [6, 6.07) is 18.8.